The number of carbonyl (C=O) groups is 1. The maximum atomic E-state index is 13.2. The first-order chi connectivity index (χ1) is 14.5. The quantitative estimate of drug-likeness (QED) is 0.550. The molecule has 4 aromatic rings. The first-order valence-electron chi connectivity index (χ1n) is 9.54. The van der Waals surface area contributed by atoms with E-state index < -0.39 is 5.91 Å². The molecule has 0 saturated heterocycles. The second kappa shape index (κ2) is 8.21. The summed E-state index contributed by atoms with van der Waals surface area (Å²) < 4.78 is 6.73. The fourth-order valence-electron chi connectivity index (χ4n) is 3.29. The third-order valence-corrected chi connectivity index (χ3v) is 4.88. The first kappa shape index (κ1) is 19.4. The number of rotatable bonds is 5. The van der Waals surface area contributed by atoms with Crippen LogP contribution in [0.3, 0.4) is 0 Å². The summed E-state index contributed by atoms with van der Waals surface area (Å²) in [5.74, 6) is 0.143. The Hall–Kier alpha value is -3.93. The molecule has 0 fully saturated rings. The van der Waals surface area contributed by atoms with Gasteiger partial charge in [0.1, 0.15) is 17.0 Å². The summed E-state index contributed by atoms with van der Waals surface area (Å²) in [6.45, 7) is 2.34. The van der Waals surface area contributed by atoms with Crippen molar-refractivity contribution in [1.29, 1.82) is 0 Å². The fraction of sp³-hybridized carbons (Fsp3) is 0.125. The highest BCUT2D eigenvalue weighted by Gasteiger charge is 2.17. The summed E-state index contributed by atoms with van der Waals surface area (Å²) in [6, 6.07) is 20.2. The van der Waals surface area contributed by atoms with Crippen LogP contribution in [0.1, 0.15) is 21.5 Å². The molecular weight excluding hydrogens is 378 g/mol. The number of benzene rings is 2. The Morgan fingerprint density at radius 3 is 2.63 bits per heavy atom. The van der Waals surface area contributed by atoms with Crippen molar-refractivity contribution in [2.75, 3.05) is 12.4 Å². The van der Waals surface area contributed by atoms with Gasteiger partial charge >= 0.3 is 0 Å². The second-order valence-electron chi connectivity index (χ2n) is 7.04. The topological polar surface area (TPSA) is 73.2 Å². The number of fused-ring (bicyclic) bond motifs is 1. The number of aromatic nitrogens is 2. The maximum Gasteiger partial charge on any atom is 0.265 e. The zero-order valence-electron chi connectivity index (χ0n) is 16.8. The average Bonchev–Trinajstić information content (AvgIpc) is 2.77. The zero-order valence-corrected chi connectivity index (χ0v) is 16.8. The molecule has 0 radical (unpaired) electrons. The minimum atomic E-state index is -0.475. The highest BCUT2D eigenvalue weighted by atomic mass is 16.5. The van der Waals surface area contributed by atoms with E-state index in [0.29, 0.717) is 23.6 Å². The minimum absolute atomic E-state index is 0.0606. The number of anilines is 1. The Bertz CT molecular complexity index is 1280. The van der Waals surface area contributed by atoms with E-state index in [0.717, 1.165) is 16.5 Å². The van der Waals surface area contributed by atoms with Gasteiger partial charge in [-0.1, -0.05) is 35.9 Å². The predicted molar refractivity (Wildman–Crippen MR) is 117 cm³/mol. The van der Waals surface area contributed by atoms with Crippen molar-refractivity contribution >= 4 is 22.6 Å². The van der Waals surface area contributed by atoms with E-state index >= 15 is 0 Å². The van der Waals surface area contributed by atoms with Crippen LogP contribution in [0, 0.1) is 6.92 Å². The normalized spacial score (nSPS) is 10.7. The summed E-state index contributed by atoms with van der Waals surface area (Å²) in [6.07, 6.45) is 1.64. The molecule has 1 N–H and O–H groups in total. The molecule has 0 atom stereocenters. The number of aryl methyl sites for hydroxylation is 1. The summed E-state index contributed by atoms with van der Waals surface area (Å²) in [5.41, 5.74) is 2.87. The van der Waals surface area contributed by atoms with Crippen LogP contribution in [0.25, 0.3) is 11.0 Å². The SMILES string of the molecule is COc1cccc(NC(=O)c2cc3cccnc3n(Cc3ccc(C)cc3)c2=O)c1. The monoisotopic (exact) mass is 399 g/mol. The Morgan fingerprint density at radius 2 is 1.87 bits per heavy atom. The van der Waals surface area contributed by atoms with E-state index in [2.05, 4.69) is 10.3 Å². The molecule has 0 aliphatic heterocycles. The van der Waals surface area contributed by atoms with Gasteiger partial charge in [0.2, 0.25) is 0 Å². The summed E-state index contributed by atoms with van der Waals surface area (Å²) in [4.78, 5) is 30.6. The molecule has 2 heterocycles. The predicted octanol–water partition coefficient (Wildman–Crippen LogP) is 4.01. The van der Waals surface area contributed by atoms with E-state index in [1.165, 1.54) is 0 Å². The number of methoxy groups -OCH3 is 1. The Morgan fingerprint density at radius 1 is 1.07 bits per heavy atom. The van der Waals surface area contributed by atoms with Gasteiger partial charge in [0.25, 0.3) is 11.5 Å². The van der Waals surface area contributed by atoms with Gasteiger partial charge in [0.05, 0.1) is 13.7 Å². The summed E-state index contributed by atoms with van der Waals surface area (Å²) in [7, 11) is 1.56. The molecule has 6 heteroatoms. The Labute approximate surface area is 173 Å². The Kier molecular flexibility index (Phi) is 5.30. The molecule has 0 bridgehead atoms. The van der Waals surface area contributed by atoms with Gasteiger partial charge in [-0.15, -0.1) is 0 Å². The van der Waals surface area contributed by atoms with Crippen LogP contribution in [-0.2, 0) is 6.54 Å². The lowest BCUT2D eigenvalue weighted by Gasteiger charge is -2.13. The third kappa shape index (κ3) is 3.93. The number of nitrogens with one attached hydrogen (secondary N) is 1. The van der Waals surface area contributed by atoms with Gasteiger partial charge < -0.3 is 10.1 Å². The van der Waals surface area contributed by atoms with Crippen LogP contribution in [-0.4, -0.2) is 22.6 Å². The lowest BCUT2D eigenvalue weighted by Crippen LogP contribution is -2.30. The van der Waals surface area contributed by atoms with E-state index in [4.69, 9.17) is 4.74 Å². The van der Waals surface area contributed by atoms with Crippen molar-refractivity contribution in [3.63, 3.8) is 0 Å². The molecule has 0 aliphatic carbocycles. The van der Waals surface area contributed by atoms with E-state index in [9.17, 15) is 9.59 Å². The van der Waals surface area contributed by atoms with Gasteiger partial charge in [0.15, 0.2) is 0 Å². The van der Waals surface area contributed by atoms with Gasteiger partial charge in [-0.25, -0.2) is 4.98 Å². The second-order valence-corrected chi connectivity index (χ2v) is 7.04. The van der Waals surface area contributed by atoms with E-state index in [1.54, 1.807) is 54.3 Å². The number of hydrogen-bond acceptors (Lipinski definition) is 4. The standard InChI is InChI=1S/C24H21N3O3/c1-16-8-10-17(11-9-16)15-27-22-18(5-4-12-25-22)13-21(24(27)29)23(28)26-19-6-3-7-20(14-19)30-2/h3-14H,15H2,1-2H3,(H,26,28). The number of ether oxygens (including phenoxy) is 1. The number of nitrogens with zero attached hydrogens (tertiary/aromatic N) is 2. The molecule has 6 nitrogen and oxygen atoms in total. The molecule has 0 saturated carbocycles. The first-order valence-corrected chi connectivity index (χ1v) is 9.54. The molecular formula is C24H21N3O3. The highest BCUT2D eigenvalue weighted by Crippen LogP contribution is 2.18. The van der Waals surface area contributed by atoms with Crippen LogP contribution in [0.4, 0.5) is 5.69 Å². The number of carbonyl (C=O) groups excluding carboxylic acids is 1. The maximum absolute atomic E-state index is 13.2. The van der Waals surface area contributed by atoms with Gasteiger partial charge in [-0.2, -0.15) is 0 Å². The van der Waals surface area contributed by atoms with Gasteiger partial charge in [0, 0.05) is 23.3 Å². The molecule has 150 valence electrons. The Balaban J connectivity index is 1.76. The van der Waals surface area contributed by atoms with Crippen molar-refractivity contribution < 1.29 is 9.53 Å². The van der Waals surface area contributed by atoms with Crippen molar-refractivity contribution in [2.45, 2.75) is 13.5 Å². The molecule has 30 heavy (non-hydrogen) atoms. The molecule has 1 amide bonds. The van der Waals surface area contributed by atoms with Crippen LogP contribution in [0.15, 0.2) is 77.7 Å². The minimum Gasteiger partial charge on any atom is -0.497 e. The molecule has 4 rings (SSSR count). The number of pyridine rings is 2. The number of amides is 1. The summed E-state index contributed by atoms with van der Waals surface area (Å²) in [5, 5.41) is 3.51. The summed E-state index contributed by atoms with van der Waals surface area (Å²) >= 11 is 0. The van der Waals surface area contributed by atoms with E-state index in [-0.39, 0.29) is 11.1 Å². The third-order valence-electron chi connectivity index (χ3n) is 4.88. The lowest BCUT2D eigenvalue weighted by atomic mass is 10.1. The van der Waals surface area contributed by atoms with Crippen LogP contribution < -0.4 is 15.6 Å². The van der Waals surface area contributed by atoms with Crippen LogP contribution in [0.2, 0.25) is 0 Å². The van der Waals surface area contributed by atoms with Gasteiger partial charge in [-0.05, 0) is 42.8 Å². The average molecular weight is 399 g/mol. The fourth-order valence-corrected chi connectivity index (χ4v) is 3.29. The van der Waals surface area contributed by atoms with Crippen LogP contribution >= 0.6 is 0 Å². The smallest absolute Gasteiger partial charge is 0.265 e. The zero-order chi connectivity index (χ0) is 21.1. The van der Waals surface area contributed by atoms with Crippen molar-refractivity contribution in [3.05, 3.63) is 100.0 Å². The molecule has 2 aromatic carbocycles. The van der Waals surface area contributed by atoms with Crippen molar-refractivity contribution in [3.8, 4) is 5.75 Å². The van der Waals surface area contributed by atoms with E-state index in [1.807, 2.05) is 37.3 Å². The molecule has 0 unspecified atom stereocenters. The van der Waals surface area contributed by atoms with Gasteiger partial charge in [-0.3, -0.25) is 14.2 Å². The molecule has 2 aromatic heterocycles. The molecule has 0 spiro atoms. The number of hydrogen-bond donors (Lipinski definition) is 1. The largest absolute Gasteiger partial charge is 0.497 e. The molecule has 0 aliphatic rings. The van der Waals surface area contributed by atoms with Crippen molar-refractivity contribution in [2.24, 2.45) is 0 Å². The van der Waals surface area contributed by atoms with Crippen LogP contribution in [0.5, 0.6) is 5.75 Å². The highest BCUT2D eigenvalue weighted by molar-refractivity contribution is 6.05. The lowest BCUT2D eigenvalue weighted by molar-refractivity contribution is 0.102. The van der Waals surface area contributed by atoms with Crippen molar-refractivity contribution in [1.82, 2.24) is 9.55 Å².